The zero-order chi connectivity index (χ0) is 12.3. The lowest BCUT2D eigenvalue weighted by atomic mass is 10.2. The SMILES string of the molecule is COc1cc(N)cc(N(C)Cc2cscn2)c1. The molecule has 0 fully saturated rings. The summed E-state index contributed by atoms with van der Waals surface area (Å²) >= 11 is 1.60. The van der Waals surface area contributed by atoms with Crippen LogP contribution in [0.2, 0.25) is 0 Å². The van der Waals surface area contributed by atoms with Gasteiger partial charge in [-0.15, -0.1) is 11.3 Å². The predicted octanol–water partition coefficient (Wildman–Crippen LogP) is 2.37. The Balaban J connectivity index is 2.18. The largest absolute Gasteiger partial charge is 0.497 e. The zero-order valence-electron chi connectivity index (χ0n) is 9.88. The van der Waals surface area contributed by atoms with Gasteiger partial charge in [0.25, 0.3) is 0 Å². The van der Waals surface area contributed by atoms with Gasteiger partial charge < -0.3 is 15.4 Å². The number of ether oxygens (including phenoxy) is 1. The first-order valence-corrected chi connectivity index (χ1v) is 6.16. The Morgan fingerprint density at radius 1 is 1.41 bits per heavy atom. The van der Waals surface area contributed by atoms with E-state index in [0.717, 1.165) is 23.7 Å². The van der Waals surface area contributed by atoms with Crippen LogP contribution in [0.4, 0.5) is 11.4 Å². The maximum absolute atomic E-state index is 5.83. The summed E-state index contributed by atoms with van der Waals surface area (Å²) < 4.78 is 5.20. The van der Waals surface area contributed by atoms with Crippen LogP contribution in [0, 0.1) is 0 Å². The van der Waals surface area contributed by atoms with Gasteiger partial charge in [-0.3, -0.25) is 0 Å². The van der Waals surface area contributed by atoms with Gasteiger partial charge in [-0.25, -0.2) is 4.98 Å². The van der Waals surface area contributed by atoms with Crippen molar-refractivity contribution in [2.45, 2.75) is 6.54 Å². The normalized spacial score (nSPS) is 10.2. The fourth-order valence-corrected chi connectivity index (χ4v) is 2.14. The van der Waals surface area contributed by atoms with Gasteiger partial charge in [0.1, 0.15) is 5.75 Å². The van der Waals surface area contributed by atoms with Crippen molar-refractivity contribution < 1.29 is 4.74 Å². The third kappa shape index (κ3) is 2.88. The van der Waals surface area contributed by atoms with Gasteiger partial charge in [0.05, 0.1) is 24.9 Å². The van der Waals surface area contributed by atoms with Gasteiger partial charge in [0.15, 0.2) is 0 Å². The zero-order valence-corrected chi connectivity index (χ0v) is 10.7. The number of hydrogen-bond acceptors (Lipinski definition) is 5. The summed E-state index contributed by atoms with van der Waals surface area (Å²) in [4.78, 5) is 6.35. The standard InChI is InChI=1S/C12H15N3OS/c1-15(6-10-7-17-8-14-10)11-3-9(13)4-12(5-11)16-2/h3-5,7-8H,6,13H2,1-2H3. The molecule has 0 aliphatic heterocycles. The maximum atomic E-state index is 5.83. The molecular formula is C12H15N3OS. The molecule has 0 radical (unpaired) electrons. The van der Waals surface area contributed by atoms with Crippen LogP contribution in [0.25, 0.3) is 0 Å². The number of nitrogens with two attached hydrogens (primary N) is 1. The Morgan fingerprint density at radius 2 is 2.24 bits per heavy atom. The van der Waals surface area contributed by atoms with E-state index in [9.17, 15) is 0 Å². The summed E-state index contributed by atoms with van der Waals surface area (Å²) in [6.07, 6.45) is 0. The molecular weight excluding hydrogens is 234 g/mol. The van der Waals surface area contributed by atoms with Crippen molar-refractivity contribution in [1.29, 1.82) is 0 Å². The molecule has 0 unspecified atom stereocenters. The molecule has 2 aromatic rings. The second-order valence-electron chi connectivity index (χ2n) is 3.80. The fraction of sp³-hybridized carbons (Fsp3) is 0.250. The van der Waals surface area contributed by atoms with Crippen LogP contribution in [0.1, 0.15) is 5.69 Å². The average molecular weight is 249 g/mol. The van der Waals surface area contributed by atoms with E-state index in [1.54, 1.807) is 24.5 Å². The maximum Gasteiger partial charge on any atom is 0.122 e. The number of thiazole rings is 1. The molecule has 0 aliphatic rings. The predicted molar refractivity (Wildman–Crippen MR) is 71.6 cm³/mol. The monoisotopic (exact) mass is 249 g/mol. The van der Waals surface area contributed by atoms with Gasteiger partial charge >= 0.3 is 0 Å². The van der Waals surface area contributed by atoms with Crippen molar-refractivity contribution in [2.24, 2.45) is 0 Å². The molecule has 0 saturated heterocycles. The van der Waals surface area contributed by atoms with E-state index in [2.05, 4.69) is 9.88 Å². The lowest BCUT2D eigenvalue weighted by Crippen LogP contribution is -2.16. The van der Waals surface area contributed by atoms with E-state index in [0.29, 0.717) is 5.69 Å². The Labute approximate surface area is 105 Å². The van der Waals surface area contributed by atoms with Gasteiger partial charge in [-0.1, -0.05) is 0 Å². The van der Waals surface area contributed by atoms with E-state index in [-0.39, 0.29) is 0 Å². The van der Waals surface area contributed by atoms with E-state index >= 15 is 0 Å². The highest BCUT2D eigenvalue weighted by Gasteiger charge is 2.06. The first-order valence-electron chi connectivity index (χ1n) is 5.22. The lowest BCUT2D eigenvalue weighted by Gasteiger charge is -2.19. The Kier molecular flexibility index (Phi) is 3.49. The van der Waals surface area contributed by atoms with Gasteiger partial charge in [-0.05, 0) is 6.07 Å². The minimum Gasteiger partial charge on any atom is -0.497 e. The minimum atomic E-state index is 0.699. The quantitative estimate of drug-likeness (QED) is 0.845. The molecule has 0 spiro atoms. The van der Waals surface area contributed by atoms with Crippen molar-refractivity contribution in [3.63, 3.8) is 0 Å². The number of nitrogens with zero attached hydrogens (tertiary/aromatic N) is 2. The highest BCUT2D eigenvalue weighted by Crippen LogP contribution is 2.25. The molecule has 90 valence electrons. The third-order valence-electron chi connectivity index (χ3n) is 2.47. The summed E-state index contributed by atoms with van der Waals surface area (Å²) in [6.45, 7) is 0.760. The summed E-state index contributed by atoms with van der Waals surface area (Å²) in [5.74, 6) is 0.769. The van der Waals surface area contributed by atoms with Crippen molar-refractivity contribution in [2.75, 3.05) is 24.8 Å². The van der Waals surface area contributed by atoms with Crippen LogP contribution in [-0.2, 0) is 6.54 Å². The smallest absolute Gasteiger partial charge is 0.122 e. The molecule has 17 heavy (non-hydrogen) atoms. The van der Waals surface area contributed by atoms with E-state index < -0.39 is 0 Å². The van der Waals surface area contributed by atoms with E-state index in [1.165, 1.54) is 0 Å². The summed E-state index contributed by atoms with van der Waals surface area (Å²) in [5.41, 5.74) is 10.4. The van der Waals surface area contributed by atoms with Gasteiger partial charge in [-0.2, -0.15) is 0 Å². The second-order valence-corrected chi connectivity index (χ2v) is 4.52. The number of aromatic nitrogens is 1. The molecule has 1 aromatic carbocycles. The van der Waals surface area contributed by atoms with Crippen LogP contribution >= 0.6 is 11.3 Å². The van der Waals surface area contributed by atoms with Gasteiger partial charge in [0.2, 0.25) is 0 Å². The van der Waals surface area contributed by atoms with Crippen LogP contribution in [0.3, 0.4) is 0 Å². The van der Waals surface area contributed by atoms with Crippen molar-refractivity contribution in [3.05, 3.63) is 34.8 Å². The summed E-state index contributed by atoms with van der Waals surface area (Å²) in [5, 5.41) is 2.04. The lowest BCUT2D eigenvalue weighted by molar-refractivity contribution is 0.415. The molecule has 1 heterocycles. The first kappa shape index (κ1) is 11.7. The van der Waals surface area contributed by atoms with Crippen LogP contribution in [0.15, 0.2) is 29.1 Å². The number of nitrogen functional groups attached to an aromatic ring is 1. The third-order valence-corrected chi connectivity index (χ3v) is 3.11. The molecule has 0 amide bonds. The number of anilines is 2. The van der Waals surface area contributed by atoms with Crippen LogP contribution in [-0.4, -0.2) is 19.1 Å². The average Bonchev–Trinajstić information content (AvgIpc) is 2.81. The van der Waals surface area contributed by atoms with E-state index in [4.69, 9.17) is 10.5 Å². The molecule has 2 N–H and O–H groups in total. The highest BCUT2D eigenvalue weighted by molar-refractivity contribution is 7.07. The molecule has 0 bridgehead atoms. The number of benzene rings is 1. The van der Waals surface area contributed by atoms with Crippen molar-refractivity contribution in [1.82, 2.24) is 4.98 Å². The van der Waals surface area contributed by atoms with Crippen molar-refractivity contribution in [3.8, 4) is 5.75 Å². The molecule has 0 atom stereocenters. The Morgan fingerprint density at radius 3 is 2.88 bits per heavy atom. The molecule has 1 aromatic heterocycles. The topological polar surface area (TPSA) is 51.4 Å². The number of methoxy groups -OCH3 is 1. The Bertz CT molecular complexity index is 485. The highest BCUT2D eigenvalue weighted by atomic mass is 32.1. The molecule has 0 aliphatic carbocycles. The molecule has 0 saturated carbocycles. The molecule has 2 rings (SSSR count). The van der Waals surface area contributed by atoms with Crippen molar-refractivity contribution >= 4 is 22.7 Å². The fourth-order valence-electron chi connectivity index (χ4n) is 1.59. The second kappa shape index (κ2) is 5.05. The summed E-state index contributed by atoms with van der Waals surface area (Å²) in [6, 6.07) is 5.69. The molecule has 4 nitrogen and oxygen atoms in total. The van der Waals surface area contributed by atoms with Crippen LogP contribution in [0.5, 0.6) is 5.75 Å². The van der Waals surface area contributed by atoms with E-state index in [1.807, 2.05) is 30.1 Å². The van der Waals surface area contributed by atoms with Crippen LogP contribution < -0.4 is 15.4 Å². The number of hydrogen-bond donors (Lipinski definition) is 1. The first-order chi connectivity index (χ1) is 8.19. The minimum absolute atomic E-state index is 0.699. The van der Waals surface area contributed by atoms with Gasteiger partial charge in [0, 0.05) is 35.9 Å². The molecule has 5 heteroatoms. The number of rotatable bonds is 4. The summed E-state index contributed by atoms with van der Waals surface area (Å²) in [7, 11) is 3.65. The Hall–Kier alpha value is -1.75.